The van der Waals surface area contributed by atoms with Crippen molar-refractivity contribution in [2.24, 2.45) is 0 Å². The van der Waals surface area contributed by atoms with E-state index in [0.717, 1.165) is 31.4 Å². The molecule has 0 aliphatic heterocycles. The highest BCUT2D eigenvalue weighted by molar-refractivity contribution is 5.89. The molecule has 1 aliphatic carbocycles. The van der Waals surface area contributed by atoms with Gasteiger partial charge in [-0.25, -0.2) is 19.7 Å². The first kappa shape index (κ1) is 26.4. The summed E-state index contributed by atoms with van der Waals surface area (Å²) in [7, 11) is 1.48. The van der Waals surface area contributed by atoms with E-state index >= 15 is 0 Å². The third-order valence-corrected chi connectivity index (χ3v) is 6.37. The molecule has 190 valence electrons. The number of aliphatic hydroxyl groups excluding tert-OH is 1. The summed E-state index contributed by atoms with van der Waals surface area (Å²) in [6.07, 6.45) is 19.6. The Bertz CT molecular complexity index is 995. The molecule has 8 nitrogen and oxygen atoms in total. The molecule has 1 saturated carbocycles. The summed E-state index contributed by atoms with van der Waals surface area (Å²) < 4.78 is 4.79. The van der Waals surface area contributed by atoms with Crippen molar-refractivity contribution in [1.29, 1.82) is 0 Å². The van der Waals surface area contributed by atoms with Gasteiger partial charge in [-0.05, 0) is 31.1 Å². The minimum Gasteiger partial charge on any atom is -0.505 e. The topological polar surface area (TPSA) is 109 Å². The van der Waals surface area contributed by atoms with Crippen LogP contribution in [0.25, 0.3) is 11.2 Å². The standard InChI is InChI=1S/C27H39N5O3/c1-20(14-15-22(33)19-35-2)23-16-17-24-26(30-23)31-25(18-28-24)32-27(34)29-21-12-10-8-6-4-3-5-7-9-11-13-21/h14-21,33H,3-13H2,1-2H3,(H2,29,30,31,32,34)/b15-14-,22-19-. The summed E-state index contributed by atoms with van der Waals surface area (Å²) in [5.41, 5.74) is 1.89. The average molecular weight is 482 g/mol. The molecule has 0 spiro atoms. The molecule has 8 heteroatoms. The fraction of sp³-hybridized carbons (Fsp3) is 0.556. The van der Waals surface area contributed by atoms with Crippen LogP contribution < -0.4 is 10.6 Å². The SMILES string of the molecule is CO/C=C(O)/C=C\C(C)c1ccc2ncc(NC(=O)NC3CCCCCCCCCCC3)nc2n1. The Morgan fingerprint density at radius 1 is 1.06 bits per heavy atom. The molecule has 1 fully saturated rings. The molecular formula is C27H39N5O3. The zero-order valence-corrected chi connectivity index (χ0v) is 21.0. The first-order valence-corrected chi connectivity index (χ1v) is 12.9. The maximum Gasteiger partial charge on any atom is 0.320 e. The van der Waals surface area contributed by atoms with Crippen LogP contribution in [0.3, 0.4) is 0 Å². The van der Waals surface area contributed by atoms with E-state index < -0.39 is 0 Å². The Hall–Kier alpha value is -3.16. The van der Waals surface area contributed by atoms with Crippen LogP contribution in [0, 0.1) is 0 Å². The number of aliphatic hydroxyl groups is 1. The van der Waals surface area contributed by atoms with E-state index in [4.69, 9.17) is 4.74 Å². The number of urea groups is 1. The smallest absolute Gasteiger partial charge is 0.320 e. The molecule has 2 amide bonds. The summed E-state index contributed by atoms with van der Waals surface area (Å²) in [6.45, 7) is 1.97. The zero-order valence-electron chi connectivity index (χ0n) is 21.0. The molecule has 3 rings (SSSR count). The van der Waals surface area contributed by atoms with Crippen molar-refractivity contribution in [3.63, 3.8) is 0 Å². The minimum atomic E-state index is -0.247. The quantitative estimate of drug-likeness (QED) is 0.320. The summed E-state index contributed by atoms with van der Waals surface area (Å²) in [4.78, 5) is 26.2. The van der Waals surface area contributed by atoms with Crippen molar-refractivity contribution < 1.29 is 14.6 Å². The molecule has 1 aliphatic rings. The van der Waals surface area contributed by atoms with Crippen LogP contribution in [-0.4, -0.2) is 39.2 Å². The van der Waals surface area contributed by atoms with Crippen molar-refractivity contribution in [3.8, 4) is 0 Å². The fourth-order valence-corrected chi connectivity index (χ4v) is 4.37. The molecule has 0 aromatic carbocycles. The van der Waals surface area contributed by atoms with Gasteiger partial charge in [0.05, 0.1) is 13.3 Å². The van der Waals surface area contributed by atoms with E-state index in [0.29, 0.717) is 17.0 Å². The second-order valence-electron chi connectivity index (χ2n) is 9.32. The lowest BCUT2D eigenvalue weighted by Gasteiger charge is -2.19. The highest BCUT2D eigenvalue weighted by atomic mass is 16.5. The molecule has 35 heavy (non-hydrogen) atoms. The van der Waals surface area contributed by atoms with Crippen molar-refractivity contribution >= 4 is 23.0 Å². The lowest BCUT2D eigenvalue weighted by Crippen LogP contribution is -2.38. The van der Waals surface area contributed by atoms with E-state index in [2.05, 4.69) is 25.6 Å². The number of pyridine rings is 1. The largest absolute Gasteiger partial charge is 0.505 e. The molecule has 2 heterocycles. The second-order valence-corrected chi connectivity index (χ2v) is 9.32. The summed E-state index contributed by atoms with van der Waals surface area (Å²) in [5, 5.41) is 15.7. The summed E-state index contributed by atoms with van der Waals surface area (Å²) in [6, 6.07) is 3.67. The first-order chi connectivity index (χ1) is 17.0. The number of ether oxygens (including phenoxy) is 1. The van der Waals surface area contributed by atoms with Crippen LogP contribution in [0.1, 0.15) is 89.2 Å². The Morgan fingerprint density at radius 2 is 1.71 bits per heavy atom. The van der Waals surface area contributed by atoms with Gasteiger partial charge in [-0.1, -0.05) is 70.8 Å². The lowest BCUT2D eigenvalue weighted by molar-refractivity contribution is 0.246. The van der Waals surface area contributed by atoms with Crippen LogP contribution >= 0.6 is 0 Å². The number of methoxy groups -OCH3 is 1. The molecule has 1 unspecified atom stereocenters. The number of nitrogens with zero attached hydrogens (tertiary/aromatic N) is 3. The van der Waals surface area contributed by atoms with Gasteiger partial charge >= 0.3 is 6.03 Å². The number of fused-ring (bicyclic) bond motifs is 1. The fourth-order valence-electron chi connectivity index (χ4n) is 4.37. The van der Waals surface area contributed by atoms with E-state index in [9.17, 15) is 9.90 Å². The Morgan fingerprint density at radius 3 is 2.37 bits per heavy atom. The predicted octanol–water partition coefficient (Wildman–Crippen LogP) is 6.53. The number of carbonyl (C=O) groups is 1. The normalized spacial score (nSPS) is 17.9. The highest BCUT2D eigenvalue weighted by Crippen LogP contribution is 2.20. The molecule has 0 bridgehead atoms. The number of rotatable bonds is 6. The van der Waals surface area contributed by atoms with Gasteiger partial charge in [-0.15, -0.1) is 0 Å². The number of hydrogen-bond donors (Lipinski definition) is 3. The monoisotopic (exact) mass is 481 g/mol. The third kappa shape index (κ3) is 9.19. The van der Waals surface area contributed by atoms with Crippen LogP contribution in [-0.2, 0) is 4.74 Å². The number of aromatic nitrogens is 3. The van der Waals surface area contributed by atoms with E-state index in [1.807, 2.05) is 25.1 Å². The maximum atomic E-state index is 12.7. The second kappa shape index (κ2) is 14.3. The number of hydrogen-bond acceptors (Lipinski definition) is 6. The van der Waals surface area contributed by atoms with Crippen molar-refractivity contribution in [1.82, 2.24) is 20.3 Å². The Labute approximate surface area is 208 Å². The van der Waals surface area contributed by atoms with Gasteiger partial charge in [0, 0.05) is 17.7 Å². The number of nitrogens with one attached hydrogen (secondary N) is 2. The molecule has 3 N–H and O–H groups in total. The number of carbonyl (C=O) groups excluding carboxylic acids is 1. The van der Waals surface area contributed by atoms with E-state index in [1.54, 1.807) is 12.3 Å². The van der Waals surface area contributed by atoms with Crippen LogP contribution in [0.15, 0.2) is 42.5 Å². The van der Waals surface area contributed by atoms with E-state index in [1.165, 1.54) is 58.3 Å². The summed E-state index contributed by atoms with van der Waals surface area (Å²) in [5.74, 6) is 0.338. The van der Waals surface area contributed by atoms with Gasteiger partial charge in [-0.2, -0.15) is 0 Å². The van der Waals surface area contributed by atoms with Gasteiger partial charge in [-0.3, -0.25) is 5.32 Å². The average Bonchev–Trinajstić information content (AvgIpc) is 2.84. The Balaban J connectivity index is 1.62. The molecule has 2 aromatic rings. The van der Waals surface area contributed by atoms with Gasteiger partial charge < -0.3 is 15.2 Å². The lowest BCUT2D eigenvalue weighted by atomic mass is 9.98. The van der Waals surface area contributed by atoms with Gasteiger partial charge in [0.1, 0.15) is 17.5 Å². The Kier molecular flexibility index (Phi) is 10.8. The number of allylic oxidation sites excluding steroid dienone is 2. The maximum absolute atomic E-state index is 12.7. The van der Waals surface area contributed by atoms with Crippen molar-refractivity contribution in [2.45, 2.75) is 89.5 Å². The zero-order chi connectivity index (χ0) is 24.9. The number of anilines is 1. The molecule has 1 atom stereocenters. The van der Waals surface area contributed by atoms with Crippen LogP contribution in [0.4, 0.5) is 10.6 Å². The molecule has 0 radical (unpaired) electrons. The highest BCUT2D eigenvalue weighted by Gasteiger charge is 2.14. The predicted molar refractivity (Wildman–Crippen MR) is 139 cm³/mol. The van der Waals surface area contributed by atoms with Crippen LogP contribution in [0.2, 0.25) is 0 Å². The van der Waals surface area contributed by atoms with Crippen LogP contribution in [0.5, 0.6) is 0 Å². The number of amides is 2. The summed E-state index contributed by atoms with van der Waals surface area (Å²) >= 11 is 0. The van der Waals surface area contributed by atoms with Crippen molar-refractivity contribution in [3.05, 3.63) is 48.2 Å². The van der Waals surface area contributed by atoms with Gasteiger partial charge in [0.15, 0.2) is 11.5 Å². The van der Waals surface area contributed by atoms with Gasteiger partial charge in [0.2, 0.25) is 0 Å². The van der Waals surface area contributed by atoms with E-state index in [-0.39, 0.29) is 23.8 Å². The minimum absolute atomic E-state index is 0.0268. The molecule has 2 aromatic heterocycles. The molecular weight excluding hydrogens is 442 g/mol. The van der Waals surface area contributed by atoms with Gasteiger partial charge in [0.25, 0.3) is 0 Å². The third-order valence-electron chi connectivity index (χ3n) is 6.37. The molecule has 0 saturated heterocycles. The van der Waals surface area contributed by atoms with Crippen molar-refractivity contribution in [2.75, 3.05) is 12.4 Å². The first-order valence-electron chi connectivity index (χ1n) is 12.9.